The highest BCUT2D eigenvalue weighted by Gasteiger charge is 2.17. The topological polar surface area (TPSA) is 69.6 Å². The number of nitrogens with zero attached hydrogens (tertiary/aromatic N) is 1. The molecule has 0 saturated carbocycles. The minimum absolute atomic E-state index is 0.000488. The summed E-state index contributed by atoms with van der Waals surface area (Å²) in [6, 6.07) is 16.3. The summed E-state index contributed by atoms with van der Waals surface area (Å²) in [5.41, 5.74) is 1.83. The fraction of sp³-hybridized carbons (Fsp3) is 0.333. The van der Waals surface area contributed by atoms with Gasteiger partial charge in [0.2, 0.25) is 10.0 Å². The van der Waals surface area contributed by atoms with Crippen LogP contribution in [0.3, 0.4) is 0 Å². The first-order valence-electron chi connectivity index (χ1n) is 7.81. The number of hydrogen-bond acceptors (Lipinski definition) is 4. The molecule has 0 amide bonds. The van der Waals surface area contributed by atoms with Crippen molar-refractivity contribution >= 4 is 10.0 Å². The SMILES string of the molecule is CC(NCC(O)c1ccccc1)c1ccc(S(=O)(=O)N(C)C)cc1. The van der Waals surface area contributed by atoms with Crippen molar-refractivity contribution in [3.63, 3.8) is 0 Å². The summed E-state index contributed by atoms with van der Waals surface area (Å²) in [6.07, 6.45) is -0.581. The fourth-order valence-corrected chi connectivity index (χ4v) is 3.24. The van der Waals surface area contributed by atoms with Gasteiger partial charge in [-0.25, -0.2) is 12.7 Å². The standard InChI is InChI=1S/C18H24N2O3S/c1-14(19-13-18(21)16-7-5-4-6-8-16)15-9-11-17(12-10-15)24(22,23)20(2)3/h4-12,14,18-19,21H,13H2,1-3H3. The molecule has 0 aliphatic rings. The van der Waals surface area contributed by atoms with E-state index in [0.717, 1.165) is 11.1 Å². The van der Waals surface area contributed by atoms with E-state index in [9.17, 15) is 13.5 Å². The van der Waals surface area contributed by atoms with Crippen molar-refractivity contribution < 1.29 is 13.5 Å². The highest BCUT2D eigenvalue weighted by molar-refractivity contribution is 7.89. The molecular weight excluding hydrogens is 324 g/mol. The van der Waals surface area contributed by atoms with Gasteiger partial charge in [0.15, 0.2) is 0 Å². The molecule has 0 fully saturated rings. The molecule has 24 heavy (non-hydrogen) atoms. The van der Waals surface area contributed by atoms with Gasteiger partial charge in [-0.2, -0.15) is 0 Å². The molecule has 2 unspecified atom stereocenters. The first-order valence-corrected chi connectivity index (χ1v) is 9.25. The summed E-state index contributed by atoms with van der Waals surface area (Å²) in [5, 5.41) is 13.4. The third-order valence-corrected chi connectivity index (χ3v) is 5.79. The maximum Gasteiger partial charge on any atom is 0.242 e. The quantitative estimate of drug-likeness (QED) is 0.806. The van der Waals surface area contributed by atoms with Crippen molar-refractivity contribution in [1.29, 1.82) is 0 Å². The second kappa shape index (κ2) is 7.90. The molecule has 5 nitrogen and oxygen atoms in total. The highest BCUT2D eigenvalue weighted by atomic mass is 32.2. The largest absolute Gasteiger partial charge is 0.387 e. The molecule has 6 heteroatoms. The van der Waals surface area contributed by atoms with Crippen LogP contribution < -0.4 is 5.32 Å². The average molecular weight is 348 g/mol. The van der Waals surface area contributed by atoms with Crippen LogP contribution >= 0.6 is 0 Å². The number of aliphatic hydroxyl groups excluding tert-OH is 1. The van der Waals surface area contributed by atoms with E-state index in [-0.39, 0.29) is 10.9 Å². The Morgan fingerprint density at radius 1 is 1.00 bits per heavy atom. The molecule has 2 aromatic carbocycles. The highest BCUT2D eigenvalue weighted by Crippen LogP contribution is 2.19. The number of aliphatic hydroxyl groups is 1. The van der Waals surface area contributed by atoms with Crippen LogP contribution in [0.4, 0.5) is 0 Å². The Bertz CT molecular complexity index is 744. The van der Waals surface area contributed by atoms with E-state index in [2.05, 4.69) is 5.32 Å². The smallest absolute Gasteiger partial charge is 0.242 e. The molecule has 0 radical (unpaired) electrons. The molecule has 2 rings (SSSR count). The monoisotopic (exact) mass is 348 g/mol. The van der Waals surface area contributed by atoms with Gasteiger partial charge in [-0.05, 0) is 30.2 Å². The van der Waals surface area contributed by atoms with Crippen LogP contribution in [-0.4, -0.2) is 38.5 Å². The van der Waals surface area contributed by atoms with Gasteiger partial charge in [0.1, 0.15) is 0 Å². The molecule has 0 spiro atoms. The van der Waals surface area contributed by atoms with Crippen LogP contribution in [-0.2, 0) is 10.0 Å². The molecule has 2 atom stereocenters. The molecule has 2 N–H and O–H groups in total. The lowest BCUT2D eigenvalue weighted by Crippen LogP contribution is -2.25. The van der Waals surface area contributed by atoms with Gasteiger partial charge in [-0.1, -0.05) is 42.5 Å². The number of hydrogen-bond donors (Lipinski definition) is 2. The maximum atomic E-state index is 12.1. The van der Waals surface area contributed by atoms with E-state index in [1.54, 1.807) is 24.3 Å². The lowest BCUT2D eigenvalue weighted by atomic mass is 10.1. The van der Waals surface area contributed by atoms with E-state index in [1.165, 1.54) is 18.4 Å². The van der Waals surface area contributed by atoms with E-state index >= 15 is 0 Å². The molecule has 0 aliphatic carbocycles. The number of sulfonamides is 1. The van der Waals surface area contributed by atoms with Crippen LogP contribution in [0.5, 0.6) is 0 Å². The lowest BCUT2D eigenvalue weighted by Gasteiger charge is -2.18. The zero-order valence-corrected chi connectivity index (χ0v) is 15.0. The van der Waals surface area contributed by atoms with Crippen molar-refractivity contribution in [2.45, 2.75) is 24.0 Å². The summed E-state index contributed by atoms with van der Waals surface area (Å²) in [7, 11) is -0.384. The number of nitrogens with one attached hydrogen (secondary N) is 1. The van der Waals surface area contributed by atoms with Gasteiger partial charge in [0.05, 0.1) is 11.0 Å². The van der Waals surface area contributed by atoms with Crippen LogP contribution in [0.15, 0.2) is 59.5 Å². The number of rotatable bonds is 7. The summed E-state index contributed by atoms with van der Waals surface area (Å²) >= 11 is 0. The molecule has 130 valence electrons. The van der Waals surface area contributed by atoms with Gasteiger partial charge < -0.3 is 10.4 Å². The predicted molar refractivity (Wildman–Crippen MR) is 95.1 cm³/mol. The molecule has 0 aromatic heterocycles. The Morgan fingerprint density at radius 2 is 1.58 bits per heavy atom. The van der Waals surface area contributed by atoms with Crippen LogP contribution in [0.1, 0.15) is 30.2 Å². The van der Waals surface area contributed by atoms with Gasteiger partial charge in [-0.15, -0.1) is 0 Å². The average Bonchev–Trinajstić information content (AvgIpc) is 2.60. The van der Waals surface area contributed by atoms with Gasteiger partial charge in [0, 0.05) is 26.7 Å². The molecule has 0 bridgehead atoms. The predicted octanol–water partition coefficient (Wildman–Crippen LogP) is 2.32. The summed E-state index contributed by atoms with van der Waals surface area (Å²) in [4.78, 5) is 0.271. The van der Waals surface area contributed by atoms with Gasteiger partial charge in [0.25, 0.3) is 0 Å². The zero-order valence-electron chi connectivity index (χ0n) is 14.2. The minimum atomic E-state index is -3.41. The second-order valence-corrected chi connectivity index (χ2v) is 8.06. The molecule has 2 aromatic rings. The molecule has 0 saturated heterocycles. The number of benzene rings is 2. The van der Waals surface area contributed by atoms with Gasteiger partial charge in [-0.3, -0.25) is 0 Å². The first kappa shape index (κ1) is 18.6. The van der Waals surface area contributed by atoms with E-state index < -0.39 is 16.1 Å². The Kier molecular flexibility index (Phi) is 6.12. The molecule has 0 heterocycles. The summed E-state index contributed by atoms with van der Waals surface area (Å²) in [5.74, 6) is 0. The van der Waals surface area contributed by atoms with Crippen molar-refractivity contribution in [2.24, 2.45) is 0 Å². The van der Waals surface area contributed by atoms with Crippen molar-refractivity contribution in [3.8, 4) is 0 Å². The fourth-order valence-electron chi connectivity index (χ4n) is 2.34. The summed E-state index contributed by atoms with van der Waals surface area (Å²) < 4.78 is 25.3. The molecular formula is C18H24N2O3S. The Morgan fingerprint density at radius 3 is 2.12 bits per heavy atom. The van der Waals surface area contributed by atoms with Crippen molar-refractivity contribution in [1.82, 2.24) is 9.62 Å². The van der Waals surface area contributed by atoms with E-state index in [4.69, 9.17) is 0 Å². The first-order chi connectivity index (χ1) is 11.3. The normalized spacial score (nSPS) is 14.5. The second-order valence-electron chi connectivity index (χ2n) is 5.91. The van der Waals surface area contributed by atoms with Crippen molar-refractivity contribution in [2.75, 3.05) is 20.6 Å². The van der Waals surface area contributed by atoms with Crippen LogP contribution in [0.25, 0.3) is 0 Å². The Hall–Kier alpha value is -1.73. The third-order valence-electron chi connectivity index (χ3n) is 3.96. The minimum Gasteiger partial charge on any atom is -0.387 e. The Balaban J connectivity index is 1.99. The molecule has 0 aliphatic heterocycles. The Labute approximate surface area is 144 Å². The lowest BCUT2D eigenvalue weighted by molar-refractivity contribution is 0.171. The third kappa shape index (κ3) is 4.42. The van der Waals surface area contributed by atoms with E-state index in [0.29, 0.717) is 6.54 Å². The van der Waals surface area contributed by atoms with Crippen LogP contribution in [0, 0.1) is 0 Å². The van der Waals surface area contributed by atoms with Crippen LogP contribution in [0.2, 0.25) is 0 Å². The summed E-state index contributed by atoms with van der Waals surface area (Å²) in [6.45, 7) is 2.40. The van der Waals surface area contributed by atoms with Gasteiger partial charge >= 0.3 is 0 Å². The maximum absolute atomic E-state index is 12.1. The zero-order chi connectivity index (χ0) is 17.7. The van der Waals surface area contributed by atoms with Crippen molar-refractivity contribution in [3.05, 3.63) is 65.7 Å². The van der Waals surface area contributed by atoms with E-state index in [1.807, 2.05) is 37.3 Å².